The van der Waals surface area contributed by atoms with Gasteiger partial charge < -0.3 is 81.2 Å². The summed E-state index contributed by atoms with van der Waals surface area (Å²) in [6.45, 7) is 95.0. The van der Waals surface area contributed by atoms with Crippen LogP contribution in [0.1, 0.15) is 22.3 Å². The maximum absolute atomic E-state index is 3.91. The molecule has 0 aromatic rings. The molecule has 0 aromatic carbocycles. The Labute approximate surface area is 539 Å². The van der Waals surface area contributed by atoms with E-state index in [1.807, 2.05) is 0 Å². The first-order valence-electron chi connectivity index (χ1n) is 16.7. The van der Waals surface area contributed by atoms with Gasteiger partial charge in [-0.3, -0.25) is 0 Å². The van der Waals surface area contributed by atoms with Crippen molar-refractivity contribution >= 4 is 72.7 Å². The molecule has 0 amide bonds. The molecule has 0 aromatic heterocycles. The Hall–Kier alpha value is 8.58. The van der Waals surface area contributed by atoms with Crippen molar-refractivity contribution in [3.05, 3.63) is 81.2 Å². The molecule has 0 aliphatic rings. The topological polar surface area (TPSA) is 0 Å². The molecule has 0 saturated heterocycles. The molecule has 0 N–H and O–H groups in total. The Kier molecular flexibility index (Phi) is 161. The van der Waals surface area contributed by atoms with E-state index in [4.69, 9.17) is 0 Å². The van der Waals surface area contributed by atoms with E-state index in [-0.39, 0.29) is 241 Å². The summed E-state index contributed by atoms with van der Waals surface area (Å²) >= 11 is 0. The van der Waals surface area contributed by atoms with E-state index in [1.54, 1.807) is 0 Å². The van der Waals surface area contributed by atoms with Crippen molar-refractivity contribution in [3.8, 4) is 0 Å². The Morgan fingerprint density at radius 1 is 0.158 bits per heavy atom. The van der Waals surface area contributed by atoms with Crippen LogP contribution in [0.2, 0.25) is 177 Å². The summed E-state index contributed by atoms with van der Waals surface area (Å²) in [5.74, 6) is 0. The van der Waals surface area contributed by atoms with Gasteiger partial charge in [-0.25, -0.2) is 0 Å². The van der Waals surface area contributed by atoms with Crippen LogP contribution in [0.15, 0.2) is 0 Å². The first-order chi connectivity index (χ1) is 18.0. The van der Waals surface area contributed by atoms with Crippen molar-refractivity contribution in [2.24, 2.45) is 0 Å². The Balaban J connectivity index is -0.0000000131. The monoisotopic (exact) mass is 1410 g/mol. The molecule has 0 nitrogen and oxygen atoms in total. The molecule has 0 aliphatic carbocycles. The molecule has 0 heterocycles. The molecule has 0 atom stereocenters. The van der Waals surface area contributed by atoms with E-state index in [0.717, 1.165) is 0 Å². The molecule has 0 bridgehead atoms. The average molecular weight is 1410 g/mol. The van der Waals surface area contributed by atoms with E-state index in [2.05, 4.69) is 236 Å². The van der Waals surface area contributed by atoms with Crippen LogP contribution in [0, 0.1) is 81.2 Å². The summed E-state index contributed by atoms with van der Waals surface area (Å²) in [6.07, 6.45) is 0. The van der Waals surface area contributed by atoms with E-state index in [1.165, 1.54) is 0 Å². The minimum atomic E-state index is -0.861. The third kappa shape index (κ3) is 3440. The summed E-state index contributed by atoms with van der Waals surface area (Å²) in [4.78, 5) is 0. The standard InChI is InChI=1S/9C4H11Si.3CH4.3CH3.6Y/c9*1-5(2,3)4;;;;;;;;;;;;/h9*1H2,2-4H3;3*1H4;3*1H3;;;;;;/q9*-1;;;;3*-1;;;;;;. The quantitative estimate of drug-likeness (QED) is 0.168. The Morgan fingerprint density at radius 2 is 0.158 bits per heavy atom. The summed E-state index contributed by atoms with van der Waals surface area (Å²) in [5.41, 5.74) is 0. The van der Waals surface area contributed by atoms with Gasteiger partial charge in [0.25, 0.3) is 0 Å². The molecule has 57 heavy (non-hydrogen) atoms. The van der Waals surface area contributed by atoms with Crippen LogP contribution >= 0.6 is 0 Å². The first kappa shape index (κ1) is 138. The molecule has 6 radical (unpaired) electrons. The van der Waals surface area contributed by atoms with Gasteiger partial charge in [-0.05, 0) is 0 Å². The fraction of sp³-hybridized carbons (Fsp3) is 0.714. The van der Waals surface area contributed by atoms with Crippen LogP contribution in [-0.2, 0) is 196 Å². The van der Waals surface area contributed by atoms with Gasteiger partial charge in [-0.15, -0.1) is 72.7 Å². The van der Waals surface area contributed by atoms with Crippen LogP contribution in [0.4, 0.5) is 0 Å². The van der Waals surface area contributed by atoms with Gasteiger partial charge in [0.1, 0.15) is 0 Å². The molecule has 0 unspecified atom stereocenters. The van der Waals surface area contributed by atoms with Crippen molar-refractivity contribution in [2.45, 2.75) is 199 Å². The Bertz CT molecular complexity index is 373. The predicted molar refractivity (Wildman–Crippen MR) is 298 cm³/mol. The van der Waals surface area contributed by atoms with Crippen molar-refractivity contribution in [1.82, 2.24) is 0 Å². The van der Waals surface area contributed by atoms with E-state index >= 15 is 0 Å². The molecule has 0 saturated carbocycles. The predicted octanol–water partition coefficient (Wildman–Crippen LogP) is 18.5. The first-order valence-corrected chi connectivity index (χ1v) is 50.0. The zero-order valence-electron chi connectivity index (χ0n) is 44.3. The van der Waals surface area contributed by atoms with Crippen LogP contribution < -0.4 is 0 Å². The fourth-order valence-corrected chi connectivity index (χ4v) is 0. The summed E-state index contributed by atoms with van der Waals surface area (Å²) in [6, 6.07) is 0. The zero-order chi connectivity index (χ0) is 40.5. The minimum Gasteiger partial charge on any atom is -0.358 e. The molecule has 0 aliphatic heterocycles. The van der Waals surface area contributed by atoms with Crippen LogP contribution in [0.25, 0.3) is 0 Å². The van der Waals surface area contributed by atoms with Crippen molar-refractivity contribution < 1.29 is 196 Å². The second-order valence-corrected chi connectivity index (χ2v) is 69.1. The molecular weight excluding hydrogens is 1290 g/mol. The van der Waals surface area contributed by atoms with Gasteiger partial charge in [0.2, 0.25) is 0 Å². The van der Waals surface area contributed by atoms with Crippen molar-refractivity contribution in [1.29, 1.82) is 0 Å². The fourth-order valence-electron chi connectivity index (χ4n) is 0. The molecular formula is C42H120Si9Y6-12. The summed E-state index contributed by atoms with van der Waals surface area (Å²) < 4.78 is 0. The Morgan fingerprint density at radius 3 is 0.158 bits per heavy atom. The van der Waals surface area contributed by atoms with Crippen molar-refractivity contribution in [2.75, 3.05) is 0 Å². The van der Waals surface area contributed by atoms with E-state index in [9.17, 15) is 0 Å². The third-order valence-electron chi connectivity index (χ3n) is 0. The van der Waals surface area contributed by atoms with Crippen LogP contribution in [-0.4, -0.2) is 72.7 Å². The van der Waals surface area contributed by atoms with Crippen LogP contribution in [0.5, 0.6) is 0 Å². The molecule has 0 spiro atoms. The number of rotatable bonds is 0. The van der Waals surface area contributed by atoms with Crippen molar-refractivity contribution in [3.63, 3.8) is 0 Å². The minimum absolute atomic E-state index is 0. The van der Waals surface area contributed by atoms with Crippen LogP contribution in [0.3, 0.4) is 0 Å². The molecule has 0 rings (SSSR count). The normalized spacial score (nSPS) is 9.47. The third-order valence-corrected chi connectivity index (χ3v) is 0. The van der Waals surface area contributed by atoms with E-state index < -0.39 is 72.7 Å². The maximum Gasteiger partial charge on any atom is 0 e. The average Bonchev–Trinajstić information content (AvgIpc) is 2.26. The summed E-state index contributed by atoms with van der Waals surface area (Å²) in [7, 11) is -7.75. The second kappa shape index (κ2) is 66.7. The molecule has 0 fully saturated rings. The van der Waals surface area contributed by atoms with Gasteiger partial charge in [-0.2, -0.15) is 0 Å². The largest absolute Gasteiger partial charge is 0.358 e. The van der Waals surface area contributed by atoms with Gasteiger partial charge in [0.15, 0.2) is 0 Å². The van der Waals surface area contributed by atoms with Gasteiger partial charge >= 0.3 is 0 Å². The second-order valence-electron chi connectivity index (χ2n) is 23.0. The molecule has 15 heteroatoms. The van der Waals surface area contributed by atoms with Gasteiger partial charge in [0.05, 0.1) is 0 Å². The number of hydrogen-bond acceptors (Lipinski definition) is 0. The zero-order valence-corrected chi connectivity index (χ0v) is 70.4. The summed E-state index contributed by atoms with van der Waals surface area (Å²) in [5, 5.41) is 0. The number of hydrogen-bond donors (Lipinski definition) is 0. The SMILES string of the molecule is C.C.C.[CH2-][Si](C)(C)C.[CH2-][Si](C)(C)C.[CH2-][Si](C)(C)C.[CH2-][Si](C)(C)C.[CH2-][Si](C)(C)C.[CH2-][Si](C)(C)C.[CH2-][Si](C)(C)C.[CH2-][Si](C)(C)C.[CH2-][Si](C)(C)C.[CH3-].[CH3-].[CH3-].[Y].[Y].[Y].[Y].[Y].[Y]. The van der Waals surface area contributed by atoms with E-state index in [0.29, 0.717) is 0 Å². The maximum atomic E-state index is 3.91. The van der Waals surface area contributed by atoms with Gasteiger partial charge in [-0.1, -0.05) is 199 Å². The molecule has 354 valence electrons. The van der Waals surface area contributed by atoms with Gasteiger partial charge in [0, 0.05) is 196 Å². The smallest absolute Gasteiger partial charge is 0 e.